The second-order valence-corrected chi connectivity index (χ2v) is 13.0. The van der Waals surface area contributed by atoms with Crippen LogP contribution in [0, 0.1) is 17.0 Å². The van der Waals surface area contributed by atoms with Gasteiger partial charge in [-0.2, -0.15) is 13.2 Å². The average Bonchev–Trinajstić information content (AvgIpc) is 3.24. The number of alkyl halides is 3. The molecule has 0 saturated carbocycles. The van der Waals surface area contributed by atoms with Crippen LogP contribution < -0.4 is 15.0 Å². The van der Waals surface area contributed by atoms with Gasteiger partial charge >= 0.3 is 6.18 Å². The number of halogens is 5. The van der Waals surface area contributed by atoms with Gasteiger partial charge in [0.25, 0.3) is 0 Å². The zero-order valence-electron chi connectivity index (χ0n) is 25.6. The molecule has 9 heteroatoms. The molecule has 0 aliphatic carbocycles. The number of ether oxygens (including phenoxy) is 1. The lowest BCUT2D eigenvalue weighted by atomic mass is 9.72. The number of anilines is 1. The summed E-state index contributed by atoms with van der Waals surface area (Å²) in [5.41, 5.74) is 2.65. The summed E-state index contributed by atoms with van der Waals surface area (Å²) in [7, 11) is 0. The van der Waals surface area contributed by atoms with Crippen molar-refractivity contribution in [3.63, 3.8) is 0 Å². The van der Waals surface area contributed by atoms with Crippen LogP contribution in [0.25, 0.3) is 0 Å². The molecule has 0 bridgehead atoms. The molecule has 1 spiro atoms. The van der Waals surface area contributed by atoms with Gasteiger partial charge < -0.3 is 15.0 Å². The Morgan fingerprint density at radius 1 is 0.822 bits per heavy atom. The quantitative estimate of drug-likeness (QED) is 0.279. The second kappa shape index (κ2) is 13.7. The molecule has 0 radical (unpaired) electrons. The highest BCUT2D eigenvalue weighted by Crippen LogP contribution is 2.43. The first-order valence-electron chi connectivity index (χ1n) is 16.2. The number of rotatable bonds is 6. The van der Waals surface area contributed by atoms with Crippen LogP contribution in [0.4, 0.5) is 27.6 Å². The van der Waals surface area contributed by atoms with Gasteiger partial charge in [0.2, 0.25) is 0 Å². The van der Waals surface area contributed by atoms with Gasteiger partial charge in [-0.3, -0.25) is 4.90 Å². The maximum atomic E-state index is 16.0. The first kappa shape index (κ1) is 31.8. The largest absolute Gasteiger partial charge is 0.489 e. The molecule has 3 aliphatic heterocycles. The van der Waals surface area contributed by atoms with Crippen LogP contribution >= 0.6 is 0 Å². The van der Waals surface area contributed by atoms with E-state index >= 15 is 8.78 Å². The predicted octanol–water partition coefficient (Wildman–Crippen LogP) is 8.19. The van der Waals surface area contributed by atoms with E-state index in [-0.39, 0.29) is 12.1 Å². The third-order valence-electron chi connectivity index (χ3n) is 9.94. The Kier molecular flexibility index (Phi) is 9.66. The first-order chi connectivity index (χ1) is 21.7. The number of hydrogen-bond donors (Lipinski definition) is 1. The van der Waals surface area contributed by atoms with Gasteiger partial charge in [0.05, 0.1) is 12.6 Å². The monoisotopic (exact) mass is 627 g/mol. The molecular formula is C36H42F5N3O. The predicted molar refractivity (Wildman–Crippen MR) is 167 cm³/mol. The van der Waals surface area contributed by atoms with E-state index in [0.29, 0.717) is 48.5 Å². The molecule has 1 atom stereocenters. The normalized spacial score (nSPS) is 21.1. The Bertz CT molecular complexity index is 1400. The summed E-state index contributed by atoms with van der Waals surface area (Å²) in [6, 6.07) is 16.2. The van der Waals surface area contributed by atoms with Crippen LogP contribution in [-0.2, 0) is 13.0 Å². The zero-order chi connectivity index (χ0) is 31.4. The van der Waals surface area contributed by atoms with Gasteiger partial charge in [0, 0.05) is 30.9 Å². The highest BCUT2D eigenvalue weighted by molar-refractivity contribution is 5.52. The van der Waals surface area contributed by atoms with Crippen molar-refractivity contribution in [1.82, 2.24) is 10.2 Å². The summed E-state index contributed by atoms with van der Waals surface area (Å²) in [4.78, 5) is 3.18. The minimum absolute atomic E-state index is 0.0172. The summed E-state index contributed by atoms with van der Waals surface area (Å²) < 4.78 is 79.2. The van der Waals surface area contributed by atoms with E-state index in [1.54, 1.807) is 18.2 Å². The van der Waals surface area contributed by atoms with Crippen molar-refractivity contribution in [1.29, 1.82) is 0 Å². The Balaban J connectivity index is 1.25. The lowest BCUT2D eigenvalue weighted by Crippen LogP contribution is -2.42. The molecule has 2 saturated heterocycles. The fourth-order valence-electron chi connectivity index (χ4n) is 7.72. The van der Waals surface area contributed by atoms with Gasteiger partial charge in [0.1, 0.15) is 24.0 Å². The lowest BCUT2D eigenvalue weighted by molar-refractivity contribution is -0.150. The van der Waals surface area contributed by atoms with Crippen LogP contribution in [0.5, 0.6) is 5.75 Å². The summed E-state index contributed by atoms with van der Waals surface area (Å²) in [5.74, 6) is -1.06. The molecule has 45 heavy (non-hydrogen) atoms. The Labute approximate surface area is 262 Å². The van der Waals surface area contributed by atoms with Crippen molar-refractivity contribution >= 4 is 5.69 Å². The van der Waals surface area contributed by atoms with E-state index in [4.69, 9.17) is 4.74 Å². The van der Waals surface area contributed by atoms with Crippen molar-refractivity contribution in [2.75, 3.05) is 44.2 Å². The van der Waals surface area contributed by atoms with E-state index in [1.807, 2.05) is 35.2 Å². The van der Waals surface area contributed by atoms with Crippen molar-refractivity contribution in [2.45, 2.75) is 70.2 Å². The molecular weight excluding hydrogens is 585 g/mol. The zero-order valence-corrected chi connectivity index (χ0v) is 25.6. The molecule has 6 rings (SSSR count). The molecule has 0 amide bonds. The average molecular weight is 628 g/mol. The van der Waals surface area contributed by atoms with E-state index in [2.05, 4.69) is 5.32 Å². The smallest absolute Gasteiger partial charge is 0.401 e. The van der Waals surface area contributed by atoms with Gasteiger partial charge in [0.15, 0.2) is 0 Å². The topological polar surface area (TPSA) is 27.7 Å². The van der Waals surface area contributed by atoms with E-state index in [1.165, 1.54) is 31.4 Å². The number of fused-ring (bicyclic) bond motifs is 1. The minimum atomic E-state index is -4.52. The lowest BCUT2D eigenvalue weighted by Gasteiger charge is -2.39. The van der Waals surface area contributed by atoms with Crippen LogP contribution in [-0.4, -0.2) is 50.3 Å². The molecule has 3 aromatic rings. The molecule has 1 N–H and O–H groups in total. The van der Waals surface area contributed by atoms with Crippen molar-refractivity contribution in [3.05, 3.63) is 94.6 Å². The van der Waals surface area contributed by atoms with Crippen molar-refractivity contribution < 1.29 is 26.7 Å². The molecule has 3 aromatic carbocycles. The van der Waals surface area contributed by atoms with Crippen molar-refractivity contribution in [2.24, 2.45) is 5.41 Å². The number of nitrogens with one attached hydrogen (secondary N) is 1. The third-order valence-corrected chi connectivity index (χ3v) is 9.94. The standard InChI is InChI=1S/C36H42F5N3O/c37-31-22-28(43-18-5-13-35(14-6-19-43)12-4-16-42-17-15-35)23-32(38)33(31)34-30-10-9-29(45-24-26-7-2-1-3-8-26)21-27(30)11-20-44(34)25-36(39,40)41/h1-3,7-10,21-23,34,42H,4-6,11-20,24-25H2. The maximum absolute atomic E-state index is 16.0. The van der Waals surface area contributed by atoms with E-state index < -0.39 is 30.4 Å². The third kappa shape index (κ3) is 7.63. The fraction of sp³-hybridized carbons (Fsp3) is 0.500. The van der Waals surface area contributed by atoms with Gasteiger partial charge in [-0.05, 0) is 111 Å². The van der Waals surface area contributed by atoms with Crippen LogP contribution in [0.2, 0.25) is 0 Å². The highest BCUT2D eigenvalue weighted by atomic mass is 19.4. The number of hydrogen-bond acceptors (Lipinski definition) is 4. The molecule has 3 heterocycles. The van der Waals surface area contributed by atoms with Gasteiger partial charge in [-0.15, -0.1) is 0 Å². The summed E-state index contributed by atoms with van der Waals surface area (Å²) >= 11 is 0. The minimum Gasteiger partial charge on any atom is -0.489 e. The highest BCUT2D eigenvalue weighted by Gasteiger charge is 2.40. The van der Waals surface area contributed by atoms with Crippen LogP contribution in [0.1, 0.15) is 73.2 Å². The Morgan fingerprint density at radius 3 is 2.24 bits per heavy atom. The molecule has 3 aliphatic rings. The Morgan fingerprint density at radius 2 is 1.53 bits per heavy atom. The molecule has 0 aromatic heterocycles. The summed E-state index contributed by atoms with van der Waals surface area (Å²) in [6.07, 6.45) is 3.43. The van der Waals surface area contributed by atoms with Gasteiger partial charge in [-0.1, -0.05) is 36.4 Å². The number of benzene rings is 3. The molecule has 1 unspecified atom stereocenters. The van der Waals surface area contributed by atoms with E-state index in [9.17, 15) is 13.2 Å². The Hall–Kier alpha value is -3.17. The SMILES string of the molecule is Fc1cc(N2CCCC3(CCCNCC3)CCC2)cc(F)c1C1c2ccc(OCc3ccccc3)cc2CCN1CC(F)(F)F. The van der Waals surface area contributed by atoms with Gasteiger partial charge in [-0.25, -0.2) is 8.78 Å². The molecule has 242 valence electrons. The number of nitrogens with zero attached hydrogens (tertiary/aromatic N) is 2. The molecule has 4 nitrogen and oxygen atoms in total. The summed E-state index contributed by atoms with van der Waals surface area (Å²) in [6.45, 7) is 2.60. The second-order valence-electron chi connectivity index (χ2n) is 13.0. The maximum Gasteiger partial charge on any atom is 0.401 e. The summed E-state index contributed by atoms with van der Waals surface area (Å²) in [5, 5.41) is 3.50. The van der Waals surface area contributed by atoms with Crippen LogP contribution in [0.15, 0.2) is 60.7 Å². The van der Waals surface area contributed by atoms with Crippen molar-refractivity contribution in [3.8, 4) is 5.75 Å². The van der Waals surface area contributed by atoms with E-state index in [0.717, 1.165) is 54.8 Å². The first-order valence-corrected chi connectivity index (χ1v) is 16.2. The van der Waals surface area contributed by atoms with Crippen LogP contribution in [0.3, 0.4) is 0 Å². The molecule has 2 fully saturated rings. The fourth-order valence-corrected chi connectivity index (χ4v) is 7.72.